The van der Waals surface area contributed by atoms with Gasteiger partial charge in [0.1, 0.15) is 13.2 Å². The summed E-state index contributed by atoms with van der Waals surface area (Å²) >= 11 is 3.48. The number of carbonyl (C=O) groups is 1. The van der Waals surface area contributed by atoms with Crippen LogP contribution in [0.3, 0.4) is 0 Å². The van der Waals surface area contributed by atoms with Crippen molar-refractivity contribution in [3.8, 4) is 11.5 Å². The predicted octanol–water partition coefficient (Wildman–Crippen LogP) is 2.04. The molecule has 0 saturated carbocycles. The number of carbonyl (C=O) groups excluding carboxylic acids is 1. The molecule has 0 spiro atoms. The van der Waals surface area contributed by atoms with Gasteiger partial charge < -0.3 is 20.1 Å². The standard InChI is InChI=1S/C16H19BrN2O3/c17-13-7-11(8-14-16(13)22-6-5-21-14)1-2-15(20)19-4-3-12(9-18)10-19/h1-2,7-8,12H,3-6,9-10,18H2. The molecule has 2 N–H and O–H groups in total. The summed E-state index contributed by atoms with van der Waals surface area (Å²) in [5, 5.41) is 0. The molecule has 0 radical (unpaired) electrons. The van der Waals surface area contributed by atoms with Gasteiger partial charge in [0.05, 0.1) is 4.47 Å². The molecule has 2 aliphatic rings. The molecule has 6 heteroatoms. The van der Waals surface area contributed by atoms with Crippen molar-refractivity contribution in [3.05, 3.63) is 28.2 Å². The number of ether oxygens (including phenoxy) is 2. The van der Waals surface area contributed by atoms with Crippen LogP contribution in [0.1, 0.15) is 12.0 Å². The summed E-state index contributed by atoms with van der Waals surface area (Å²) in [6, 6.07) is 3.81. The van der Waals surface area contributed by atoms with Gasteiger partial charge in [-0.05, 0) is 58.6 Å². The molecule has 1 aromatic carbocycles. The second-order valence-electron chi connectivity index (χ2n) is 5.53. The topological polar surface area (TPSA) is 64.8 Å². The van der Waals surface area contributed by atoms with Gasteiger partial charge in [0.25, 0.3) is 0 Å². The first-order valence-corrected chi connectivity index (χ1v) is 8.23. The van der Waals surface area contributed by atoms with Gasteiger partial charge >= 0.3 is 0 Å². The monoisotopic (exact) mass is 366 g/mol. The van der Waals surface area contributed by atoms with Crippen LogP contribution in [-0.2, 0) is 4.79 Å². The smallest absolute Gasteiger partial charge is 0.246 e. The number of rotatable bonds is 3. The fourth-order valence-corrected chi connectivity index (χ4v) is 3.30. The zero-order valence-electron chi connectivity index (χ0n) is 12.3. The van der Waals surface area contributed by atoms with E-state index in [-0.39, 0.29) is 5.91 Å². The first-order valence-electron chi connectivity index (χ1n) is 7.43. The van der Waals surface area contributed by atoms with Crippen molar-refractivity contribution >= 4 is 27.9 Å². The number of halogens is 1. The Bertz CT molecular complexity index is 603. The molecule has 1 atom stereocenters. The summed E-state index contributed by atoms with van der Waals surface area (Å²) in [6.07, 6.45) is 4.41. The molecular formula is C16H19BrN2O3. The molecule has 1 aromatic rings. The van der Waals surface area contributed by atoms with Crippen LogP contribution in [0.25, 0.3) is 6.08 Å². The largest absolute Gasteiger partial charge is 0.486 e. The maximum absolute atomic E-state index is 12.2. The van der Waals surface area contributed by atoms with Crippen molar-refractivity contribution in [2.24, 2.45) is 11.7 Å². The van der Waals surface area contributed by atoms with E-state index >= 15 is 0 Å². The molecule has 5 nitrogen and oxygen atoms in total. The maximum atomic E-state index is 12.2. The molecule has 2 aliphatic heterocycles. The quantitative estimate of drug-likeness (QED) is 0.831. The number of benzene rings is 1. The number of likely N-dealkylation sites (tertiary alicyclic amines) is 1. The van der Waals surface area contributed by atoms with Crippen LogP contribution in [0.15, 0.2) is 22.7 Å². The molecule has 2 heterocycles. The van der Waals surface area contributed by atoms with E-state index in [4.69, 9.17) is 15.2 Å². The van der Waals surface area contributed by atoms with E-state index < -0.39 is 0 Å². The minimum atomic E-state index is 0.0296. The zero-order valence-corrected chi connectivity index (χ0v) is 13.8. The third-order valence-corrected chi connectivity index (χ3v) is 4.56. The lowest BCUT2D eigenvalue weighted by molar-refractivity contribution is -0.125. The SMILES string of the molecule is NCC1CCN(C(=O)C=Cc2cc(Br)c3c(c2)OCCO3)C1. The van der Waals surface area contributed by atoms with Gasteiger partial charge in [0, 0.05) is 19.2 Å². The molecule has 22 heavy (non-hydrogen) atoms. The van der Waals surface area contributed by atoms with Crippen LogP contribution < -0.4 is 15.2 Å². The molecule has 0 bridgehead atoms. The van der Waals surface area contributed by atoms with Crippen LogP contribution in [0, 0.1) is 5.92 Å². The Labute approximate surface area is 138 Å². The molecule has 1 unspecified atom stereocenters. The van der Waals surface area contributed by atoms with Crippen molar-refractivity contribution in [1.82, 2.24) is 4.90 Å². The van der Waals surface area contributed by atoms with E-state index in [1.54, 1.807) is 12.2 Å². The average Bonchev–Trinajstić information content (AvgIpc) is 3.02. The van der Waals surface area contributed by atoms with E-state index in [1.165, 1.54) is 0 Å². The van der Waals surface area contributed by atoms with Crippen LogP contribution in [0.4, 0.5) is 0 Å². The highest BCUT2D eigenvalue weighted by molar-refractivity contribution is 9.10. The normalized spacial score (nSPS) is 20.6. The molecule has 0 aliphatic carbocycles. The first kappa shape index (κ1) is 15.4. The highest BCUT2D eigenvalue weighted by atomic mass is 79.9. The predicted molar refractivity (Wildman–Crippen MR) is 87.9 cm³/mol. The molecular weight excluding hydrogens is 348 g/mol. The first-order chi connectivity index (χ1) is 10.7. The fraction of sp³-hybridized carbons (Fsp3) is 0.438. The minimum absolute atomic E-state index is 0.0296. The Balaban J connectivity index is 1.70. The van der Waals surface area contributed by atoms with Crippen LogP contribution >= 0.6 is 15.9 Å². The molecule has 3 rings (SSSR count). The fourth-order valence-electron chi connectivity index (χ4n) is 2.73. The third kappa shape index (κ3) is 3.28. The van der Waals surface area contributed by atoms with Crippen LogP contribution in [0.2, 0.25) is 0 Å². The molecule has 0 aromatic heterocycles. The van der Waals surface area contributed by atoms with Gasteiger partial charge in [-0.1, -0.05) is 0 Å². The van der Waals surface area contributed by atoms with Crippen molar-refractivity contribution in [2.75, 3.05) is 32.8 Å². The second kappa shape index (κ2) is 6.71. The minimum Gasteiger partial charge on any atom is -0.486 e. The van der Waals surface area contributed by atoms with E-state index in [2.05, 4.69) is 15.9 Å². The lowest BCUT2D eigenvalue weighted by Gasteiger charge is -2.20. The lowest BCUT2D eigenvalue weighted by atomic mass is 10.1. The van der Waals surface area contributed by atoms with Gasteiger partial charge in [-0.15, -0.1) is 0 Å². The van der Waals surface area contributed by atoms with Crippen molar-refractivity contribution in [3.63, 3.8) is 0 Å². The van der Waals surface area contributed by atoms with Crippen molar-refractivity contribution in [2.45, 2.75) is 6.42 Å². The van der Waals surface area contributed by atoms with Gasteiger partial charge in [-0.3, -0.25) is 4.79 Å². The Morgan fingerprint density at radius 2 is 2.23 bits per heavy atom. The Morgan fingerprint density at radius 3 is 3.00 bits per heavy atom. The van der Waals surface area contributed by atoms with E-state index in [0.29, 0.717) is 31.4 Å². The van der Waals surface area contributed by atoms with E-state index in [0.717, 1.165) is 35.3 Å². The number of fused-ring (bicyclic) bond motifs is 1. The molecule has 1 saturated heterocycles. The number of amides is 1. The van der Waals surface area contributed by atoms with Gasteiger partial charge in [-0.25, -0.2) is 0 Å². The van der Waals surface area contributed by atoms with E-state index in [1.807, 2.05) is 17.0 Å². The highest BCUT2D eigenvalue weighted by Crippen LogP contribution is 2.38. The Morgan fingerprint density at radius 1 is 1.41 bits per heavy atom. The summed E-state index contributed by atoms with van der Waals surface area (Å²) in [5.74, 6) is 1.89. The summed E-state index contributed by atoms with van der Waals surface area (Å²) in [5.41, 5.74) is 6.56. The Kier molecular flexibility index (Phi) is 4.69. The molecule has 118 valence electrons. The number of nitrogens with two attached hydrogens (primary N) is 1. The third-order valence-electron chi connectivity index (χ3n) is 3.97. The maximum Gasteiger partial charge on any atom is 0.246 e. The van der Waals surface area contributed by atoms with E-state index in [9.17, 15) is 4.79 Å². The van der Waals surface area contributed by atoms with Crippen molar-refractivity contribution in [1.29, 1.82) is 0 Å². The summed E-state index contributed by atoms with van der Waals surface area (Å²) in [7, 11) is 0. The zero-order chi connectivity index (χ0) is 15.5. The summed E-state index contributed by atoms with van der Waals surface area (Å²) in [4.78, 5) is 14.0. The lowest BCUT2D eigenvalue weighted by Crippen LogP contribution is -2.28. The summed E-state index contributed by atoms with van der Waals surface area (Å²) < 4.78 is 12.0. The molecule has 1 fully saturated rings. The van der Waals surface area contributed by atoms with Crippen molar-refractivity contribution < 1.29 is 14.3 Å². The number of nitrogens with zero attached hydrogens (tertiary/aromatic N) is 1. The Hall–Kier alpha value is -1.53. The highest BCUT2D eigenvalue weighted by Gasteiger charge is 2.23. The second-order valence-corrected chi connectivity index (χ2v) is 6.39. The number of hydrogen-bond donors (Lipinski definition) is 1. The molecule has 1 amide bonds. The van der Waals surface area contributed by atoms with Gasteiger partial charge in [0.15, 0.2) is 11.5 Å². The van der Waals surface area contributed by atoms with Gasteiger partial charge in [0.2, 0.25) is 5.91 Å². The summed E-state index contributed by atoms with van der Waals surface area (Å²) in [6.45, 7) is 3.28. The average molecular weight is 367 g/mol. The number of hydrogen-bond acceptors (Lipinski definition) is 4. The van der Waals surface area contributed by atoms with Crippen LogP contribution in [-0.4, -0.2) is 43.7 Å². The van der Waals surface area contributed by atoms with Crippen LogP contribution in [0.5, 0.6) is 11.5 Å². The van der Waals surface area contributed by atoms with Gasteiger partial charge in [-0.2, -0.15) is 0 Å².